The molecule has 1 aromatic heterocycles. The van der Waals surface area contributed by atoms with E-state index in [1.54, 1.807) is 11.4 Å². The Morgan fingerprint density at radius 2 is 2.25 bits per heavy atom. The normalized spacial score (nSPS) is 23.6. The second-order valence-corrected chi connectivity index (χ2v) is 8.09. The molecule has 1 aliphatic heterocycles. The van der Waals surface area contributed by atoms with Crippen LogP contribution in [-0.2, 0) is 21.3 Å². The molecule has 0 aromatic carbocycles. The molecular weight excluding hydrogens is 296 g/mol. The van der Waals surface area contributed by atoms with Crippen LogP contribution in [0.2, 0.25) is 0 Å². The van der Waals surface area contributed by atoms with Gasteiger partial charge in [0.1, 0.15) is 0 Å². The van der Waals surface area contributed by atoms with Crippen molar-refractivity contribution in [1.29, 1.82) is 0 Å². The summed E-state index contributed by atoms with van der Waals surface area (Å²) in [6.45, 7) is 7.33. The number of nitrogens with one attached hydrogen (secondary N) is 2. The van der Waals surface area contributed by atoms with Crippen LogP contribution in [0.1, 0.15) is 32.1 Å². The smallest absolute Gasteiger partial charge is 0.241 e. The van der Waals surface area contributed by atoms with E-state index >= 15 is 0 Å². The Kier molecular flexibility index (Phi) is 5.19. The van der Waals surface area contributed by atoms with E-state index in [1.165, 1.54) is 11.3 Å². The molecule has 0 spiro atoms. The number of hydrogen-bond donors (Lipinski definition) is 2. The van der Waals surface area contributed by atoms with Crippen molar-refractivity contribution in [3.8, 4) is 0 Å². The standard InChI is InChI=1S/C13H22N2O3S2/c1-9(2)14-7-11-6-12(8-19-11)20(16,17)15-13-4-5-18-10(13)3/h6,8-10,13-15H,4-5,7H2,1-3H3. The molecule has 1 aliphatic rings. The lowest BCUT2D eigenvalue weighted by atomic mass is 10.2. The minimum Gasteiger partial charge on any atom is -0.377 e. The van der Waals surface area contributed by atoms with E-state index in [2.05, 4.69) is 23.9 Å². The van der Waals surface area contributed by atoms with Gasteiger partial charge in [-0.1, -0.05) is 13.8 Å². The number of sulfonamides is 1. The Hall–Kier alpha value is -0.470. The molecule has 114 valence electrons. The first-order valence-corrected chi connectivity index (χ1v) is 9.19. The molecule has 5 nitrogen and oxygen atoms in total. The van der Waals surface area contributed by atoms with Gasteiger partial charge in [-0.25, -0.2) is 13.1 Å². The largest absolute Gasteiger partial charge is 0.377 e. The van der Waals surface area contributed by atoms with E-state index < -0.39 is 10.0 Å². The lowest BCUT2D eigenvalue weighted by molar-refractivity contribution is 0.117. The molecule has 7 heteroatoms. The summed E-state index contributed by atoms with van der Waals surface area (Å²) in [6, 6.07) is 1.99. The molecule has 1 fully saturated rings. The van der Waals surface area contributed by atoms with Gasteiger partial charge in [0.15, 0.2) is 0 Å². The van der Waals surface area contributed by atoms with Crippen molar-refractivity contribution in [2.24, 2.45) is 0 Å². The molecule has 2 heterocycles. The number of hydrogen-bond acceptors (Lipinski definition) is 5. The molecule has 2 atom stereocenters. The van der Waals surface area contributed by atoms with Crippen LogP contribution in [-0.4, -0.2) is 33.2 Å². The Morgan fingerprint density at radius 3 is 2.85 bits per heavy atom. The van der Waals surface area contributed by atoms with Crippen molar-refractivity contribution in [1.82, 2.24) is 10.0 Å². The molecule has 0 bridgehead atoms. The fraction of sp³-hybridized carbons (Fsp3) is 0.692. The topological polar surface area (TPSA) is 67.4 Å². The van der Waals surface area contributed by atoms with Crippen molar-refractivity contribution < 1.29 is 13.2 Å². The van der Waals surface area contributed by atoms with Crippen LogP contribution >= 0.6 is 11.3 Å². The molecule has 0 radical (unpaired) electrons. The van der Waals surface area contributed by atoms with Gasteiger partial charge >= 0.3 is 0 Å². The van der Waals surface area contributed by atoms with Crippen molar-refractivity contribution in [2.75, 3.05) is 6.61 Å². The minimum absolute atomic E-state index is 0.0644. The third-order valence-electron chi connectivity index (χ3n) is 3.31. The average Bonchev–Trinajstić information content (AvgIpc) is 2.97. The maximum absolute atomic E-state index is 12.3. The second kappa shape index (κ2) is 6.53. The Labute approximate surface area is 124 Å². The molecular formula is C13H22N2O3S2. The molecule has 2 N–H and O–H groups in total. The molecule has 0 amide bonds. The third kappa shape index (κ3) is 4.02. The maximum Gasteiger partial charge on any atom is 0.241 e. The summed E-state index contributed by atoms with van der Waals surface area (Å²) in [4.78, 5) is 1.37. The zero-order valence-corrected chi connectivity index (χ0v) is 13.7. The lowest BCUT2D eigenvalue weighted by Crippen LogP contribution is -2.38. The predicted molar refractivity (Wildman–Crippen MR) is 80.4 cm³/mol. The molecule has 1 saturated heterocycles. The van der Waals surface area contributed by atoms with E-state index in [1.807, 2.05) is 6.92 Å². The van der Waals surface area contributed by atoms with Gasteiger partial charge in [-0.2, -0.15) is 0 Å². The first-order valence-electron chi connectivity index (χ1n) is 6.83. The molecule has 1 aromatic rings. The molecule has 2 rings (SSSR count). The van der Waals surface area contributed by atoms with Gasteiger partial charge in [-0.3, -0.25) is 0 Å². The summed E-state index contributed by atoms with van der Waals surface area (Å²) in [5, 5.41) is 4.98. The van der Waals surface area contributed by atoms with Gasteiger partial charge in [0.2, 0.25) is 10.0 Å². The van der Waals surface area contributed by atoms with Crippen LogP contribution in [0.4, 0.5) is 0 Å². The number of ether oxygens (including phenoxy) is 1. The van der Waals surface area contributed by atoms with Crippen molar-refractivity contribution >= 4 is 21.4 Å². The summed E-state index contributed by atoms with van der Waals surface area (Å²) in [6.07, 6.45) is 0.664. The van der Waals surface area contributed by atoms with E-state index in [4.69, 9.17) is 4.74 Å². The van der Waals surface area contributed by atoms with Crippen LogP contribution < -0.4 is 10.0 Å². The van der Waals surface area contributed by atoms with E-state index in [9.17, 15) is 8.42 Å². The first-order chi connectivity index (χ1) is 9.38. The SMILES string of the molecule is CC(C)NCc1cc(S(=O)(=O)NC2CCOC2C)cs1. The predicted octanol–water partition coefficient (Wildman–Crippen LogP) is 1.70. The zero-order valence-electron chi connectivity index (χ0n) is 12.0. The summed E-state index contributed by atoms with van der Waals surface area (Å²) < 4.78 is 32.7. The summed E-state index contributed by atoms with van der Waals surface area (Å²) >= 11 is 1.46. The van der Waals surface area contributed by atoms with Crippen LogP contribution in [0.5, 0.6) is 0 Å². The van der Waals surface area contributed by atoms with E-state index in [0.29, 0.717) is 24.1 Å². The van der Waals surface area contributed by atoms with Gasteiger partial charge in [0, 0.05) is 29.5 Å². The van der Waals surface area contributed by atoms with Crippen LogP contribution in [0.15, 0.2) is 16.3 Å². The van der Waals surface area contributed by atoms with Crippen molar-refractivity contribution in [2.45, 2.75) is 56.8 Å². The second-order valence-electron chi connectivity index (χ2n) is 5.38. The quantitative estimate of drug-likeness (QED) is 0.838. The Balaban J connectivity index is 2.02. The fourth-order valence-electron chi connectivity index (χ4n) is 2.05. The summed E-state index contributed by atoms with van der Waals surface area (Å²) in [7, 11) is -3.44. The van der Waals surface area contributed by atoms with Crippen LogP contribution in [0.3, 0.4) is 0 Å². The third-order valence-corrected chi connectivity index (χ3v) is 5.86. The minimum atomic E-state index is -3.44. The average molecular weight is 318 g/mol. The molecule has 0 saturated carbocycles. The number of thiophene rings is 1. The van der Waals surface area contributed by atoms with Gasteiger partial charge in [0.25, 0.3) is 0 Å². The van der Waals surface area contributed by atoms with Gasteiger partial charge in [-0.05, 0) is 19.4 Å². The molecule has 20 heavy (non-hydrogen) atoms. The van der Waals surface area contributed by atoms with Crippen LogP contribution in [0, 0.1) is 0 Å². The Morgan fingerprint density at radius 1 is 1.50 bits per heavy atom. The van der Waals surface area contributed by atoms with Crippen molar-refractivity contribution in [3.63, 3.8) is 0 Å². The summed E-state index contributed by atoms with van der Waals surface area (Å²) in [5.74, 6) is 0. The summed E-state index contributed by atoms with van der Waals surface area (Å²) in [5.41, 5.74) is 0. The maximum atomic E-state index is 12.3. The van der Waals surface area contributed by atoms with Crippen LogP contribution in [0.25, 0.3) is 0 Å². The zero-order chi connectivity index (χ0) is 14.8. The fourth-order valence-corrected chi connectivity index (χ4v) is 4.62. The van der Waals surface area contributed by atoms with Gasteiger partial charge in [0.05, 0.1) is 17.0 Å². The van der Waals surface area contributed by atoms with E-state index in [-0.39, 0.29) is 12.1 Å². The molecule has 2 unspecified atom stereocenters. The highest BCUT2D eigenvalue weighted by Crippen LogP contribution is 2.21. The highest BCUT2D eigenvalue weighted by Gasteiger charge is 2.29. The Bertz CT molecular complexity index is 540. The van der Waals surface area contributed by atoms with Crippen molar-refractivity contribution in [3.05, 3.63) is 16.3 Å². The van der Waals surface area contributed by atoms with Gasteiger partial charge < -0.3 is 10.1 Å². The first kappa shape index (κ1) is 15.9. The molecule has 0 aliphatic carbocycles. The van der Waals surface area contributed by atoms with Gasteiger partial charge in [-0.15, -0.1) is 11.3 Å². The number of rotatable bonds is 6. The highest BCUT2D eigenvalue weighted by atomic mass is 32.2. The lowest BCUT2D eigenvalue weighted by Gasteiger charge is -2.15. The monoisotopic (exact) mass is 318 g/mol. The van der Waals surface area contributed by atoms with E-state index in [0.717, 1.165) is 11.3 Å². The highest BCUT2D eigenvalue weighted by molar-refractivity contribution is 7.89.